The van der Waals surface area contributed by atoms with Crippen molar-refractivity contribution in [1.29, 1.82) is 0 Å². The molecular weight excluding hydrogens is 664 g/mol. The van der Waals surface area contributed by atoms with Crippen LogP contribution in [0.3, 0.4) is 0 Å². The summed E-state index contributed by atoms with van der Waals surface area (Å²) in [4.78, 5) is 0. The molecule has 296 valence electrons. The molecule has 0 amide bonds. The van der Waals surface area contributed by atoms with E-state index >= 15 is 0 Å². The van der Waals surface area contributed by atoms with Crippen LogP contribution in [0.25, 0.3) is 0 Å². The molecule has 3 rings (SSSR count). The number of unbranched alkanes of at least 4 members (excludes halogenated alkanes) is 1. The maximum absolute atomic E-state index is 12.4. The van der Waals surface area contributed by atoms with E-state index in [4.69, 9.17) is 0 Å². The van der Waals surface area contributed by atoms with Crippen LogP contribution in [0.1, 0.15) is 201 Å². The molecule has 0 aromatic heterocycles. The molecule has 3 nitrogen and oxygen atoms in total. The van der Waals surface area contributed by atoms with Gasteiger partial charge in [-0.05, 0) is 86.6 Å². The maximum Gasteiger partial charge on any atom is 3.00 e. The van der Waals surface area contributed by atoms with Gasteiger partial charge in [-0.2, -0.15) is 0 Å². The van der Waals surface area contributed by atoms with E-state index < -0.39 is 0 Å². The Balaban J connectivity index is 0. The first-order valence-electron chi connectivity index (χ1n) is 19.5. The predicted molar refractivity (Wildman–Crippen MR) is 230 cm³/mol. The summed E-state index contributed by atoms with van der Waals surface area (Å²) in [5, 5.41) is 37.2. The van der Waals surface area contributed by atoms with E-state index in [2.05, 4.69) is 159 Å². The number of aryl methyl sites for hydroxylation is 3. The summed E-state index contributed by atoms with van der Waals surface area (Å²) in [5.41, 5.74) is 8.61. The van der Waals surface area contributed by atoms with E-state index in [0.717, 1.165) is 33.4 Å². The van der Waals surface area contributed by atoms with Crippen molar-refractivity contribution in [3.8, 4) is 17.2 Å². The Bertz CT molecular complexity index is 1290. The Kier molecular flexibility index (Phi) is 19.3. The van der Waals surface area contributed by atoms with Gasteiger partial charge in [-0.3, -0.25) is 0 Å². The van der Waals surface area contributed by atoms with Crippen molar-refractivity contribution < 1.29 is 15.3 Å². The normalized spacial score (nSPS) is 12.3. The van der Waals surface area contributed by atoms with Gasteiger partial charge in [-0.1, -0.05) is 204 Å². The van der Waals surface area contributed by atoms with Crippen molar-refractivity contribution in [3.63, 3.8) is 0 Å². The number of hydrogen-bond acceptors (Lipinski definition) is 3. The van der Waals surface area contributed by atoms with Gasteiger partial charge in [0.15, 0.2) is 0 Å². The Labute approximate surface area is 339 Å². The molecule has 0 saturated heterocycles. The molecule has 0 fully saturated rings. The predicted octanol–water partition coefficient (Wildman–Crippen LogP) is 12.4. The van der Waals surface area contributed by atoms with Crippen LogP contribution < -0.4 is 15.3 Å². The number of rotatable bonds is 1. The fourth-order valence-electron chi connectivity index (χ4n) is 5.66. The van der Waals surface area contributed by atoms with Crippen LogP contribution in [-0.4, -0.2) is 17.4 Å². The van der Waals surface area contributed by atoms with Crippen molar-refractivity contribution in [2.24, 2.45) is 0 Å². The van der Waals surface area contributed by atoms with Gasteiger partial charge in [-0.25, -0.2) is 0 Å². The van der Waals surface area contributed by atoms with Gasteiger partial charge in [0.05, 0.1) is 0 Å². The molecule has 0 saturated carbocycles. The molecule has 0 atom stereocenters. The Morgan fingerprint density at radius 2 is 0.434 bits per heavy atom. The third kappa shape index (κ3) is 16.5. The van der Waals surface area contributed by atoms with Gasteiger partial charge in [0.2, 0.25) is 0 Å². The summed E-state index contributed by atoms with van der Waals surface area (Å²) >= 11 is 0. The first kappa shape index (κ1) is 52.7. The quantitative estimate of drug-likeness (QED) is 0.233. The van der Waals surface area contributed by atoms with Gasteiger partial charge in [0, 0.05) is 0 Å². The molecule has 0 aliphatic carbocycles. The van der Waals surface area contributed by atoms with Crippen molar-refractivity contribution in [2.75, 3.05) is 0 Å². The van der Waals surface area contributed by atoms with Crippen molar-refractivity contribution in [3.05, 3.63) is 86.5 Å². The minimum atomic E-state index is -0.0803. The second-order valence-corrected chi connectivity index (χ2v) is 21.1. The van der Waals surface area contributed by atoms with E-state index in [1.807, 2.05) is 36.4 Å². The molecular formula is C49H79AlO3. The molecule has 0 aliphatic heterocycles. The van der Waals surface area contributed by atoms with E-state index in [0.29, 0.717) is 0 Å². The molecule has 53 heavy (non-hydrogen) atoms. The molecule has 0 spiro atoms. The summed E-state index contributed by atoms with van der Waals surface area (Å²) in [6.45, 7) is 48.2. The van der Waals surface area contributed by atoms with Gasteiger partial charge in [-0.15, -0.1) is 17.2 Å². The fraction of sp³-hybridized carbons (Fsp3) is 0.633. The summed E-state index contributed by atoms with van der Waals surface area (Å²) in [7, 11) is 0. The van der Waals surface area contributed by atoms with Gasteiger partial charge in [0.1, 0.15) is 0 Å². The van der Waals surface area contributed by atoms with Gasteiger partial charge >= 0.3 is 17.4 Å². The SMILES string of the molecule is CCCC.Cc1cc(C(C)(C)C)c([O-])c(C(C)(C)C)c1.Cc1cc(C(C)(C)C)c([O-])c(C(C)(C)C)c1.Cc1cc(C(C)(C)C)c([O-])c(C(C)(C)C)c1.[Al+3]. The molecule has 4 heteroatoms. The van der Waals surface area contributed by atoms with Crippen LogP contribution in [0, 0.1) is 20.8 Å². The smallest absolute Gasteiger partial charge is 0.872 e. The van der Waals surface area contributed by atoms with Crippen LogP contribution in [0.5, 0.6) is 17.2 Å². The first-order valence-corrected chi connectivity index (χ1v) is 19.5. The van der Waals surface area contributed by atoms with Crippen LogP contribution in [0.15, 0.2) is 36.4 Å². The third-order valence-corrected chi connectivity index (χ3v) is 9.05. The average Bonchev–Trinajstić information content (AvgIpc) is 2.93. The molecule has 3 aromatic rings. The zero-order chi connectivity index (χ0) is 41.6. The summed E-state index contributed by atoms with van der Waals surface area (Å²) in [5.74, 6) is 0.641. The van der Waals surface area contributed by atoms with Gasteiger partial charge < -0.3 is 15.3 Å². The topological polar surface area (TPSA) is 69.2 Å². The minimum Gasteiger partial charge on any atom is -0.872 e. The Morgan fingerprint density at radius 1 is 0.321 bits per heavy atom. The van der Waals surface area contributed by atoms with Gasteiger partial charge in [0.25, 0.3) is 0 Å². The average molecular weight is 743 g/mol. The second kappa shape index (κ2) is 19.4. The van der Waals surface area contributed by atoms with E-state index in [1.165, 1.54) is 29.5 Å². The first-order chi connectivity index (χ1) is 23.0. The Hall–Kier alpha value is -2.41. The zero-order valence-electron chi connectivity index (χ0n) is 38.7. The molecule has 0 radical (unpaired) electrons. The van der Waals surface area contributed by atoms with Crippen LogP contribution in [0.2, 0.25) is 0 Å². The standard InChI is InChI=1S/3C15H24O.C4H10.Al/c3*1-10-8-11(14(2,3)4)13(16)12(9-10)15(5,6)7;1-3-4-2;/h3*8-9,16H,1-7H3;3-4H2,1-2H3;/q;;;;+3/p-3. The molecule has 0 bridgehead atoms. The third-order valence-electron chi connectivity index (χ3n) is 9.05. The van der Waals surface area contributed by atoms with E-state index in [-0.39, 0.29) is 67.1 Å². The maximum atomic E-state index is 12.4. The fourth-order valence-corrected chi connectivity index (χ4v) is 5.66. The minimum absolute atomic E-state index is 0. The van der Waals surface area contributed by atoms with Crippen LogP contribution in [0.4, 0.5) is 0 Å². The van der Waals surface area contributed by atoms with Crippen LogP contribution in [-0.2, 0) is 32.5 Å². The molecule has 0 heterocycles. The van der Waals surface area contributed by atoms with Crippen molar-refractivity contribution in [2.45, 2.75) is 205 Å². The van der Waals surface area contributed by atoms with Crippen molar-refractivity contribution >= 4 is 17.4 Å². The van der Waals surface area contributed by atoms with E-state index in [9.17, 15) is 15.3 Å². The molecule has 0 aliphatic rings. The summed E-state index contributed by atoms with van der Waals surface area (Å²) in [6.07, 6.45) is 2.64. The number of hydrogen-bond donors (Lipinski definition) is 0. The number of benzene rings is 3. The van der Waals surface area contributed by atoms with Crippen molar-refractivity contribution in [1.82, 2.24) is 0 Å². The second-order valence-electron chi connectivity index (χ2n) is 21.1. The Morgan fingerprint density at radius 3 is 0.509 bits per heavy atom. The summed E-state index contributed by atoms with van der Waals surface area (Å²) < 4.78 is 0. The van der Waals surface area contributed by atoms with E-state index in [1.54, 1.807) is 0 Å². The molecule has 0 unspecified atom stereocenters. The summed E-state index contributed by atoms with van der Waals surface area (Å²) in [6, 6.07) is 12.2. The molecule has 3 aromatic carbocycles. The molecule has 0 N–H and O–H groups in total. The van der Waals surface area contributed by atoms with Crippen LogP contribution >= 0.6 is 0 Å². The largest absolute Gasteiger partial charge is 3.00 e. The zero-order valence-corrected chi connectivity index (χ0v) is 39.8. The monoisotopic (exact) mass is 743 g/mol.